The first-order chi connectivity index (χ1) is 15.9. The number of para-hydroxylation sites is 1. The van der Waals surface area contributed by atoms with Crippen molar-refractivity contribution >= 4 is 22.6 Å². The number of rotatable bonds is 2. The van der Waals surface area contributed by atoms with Crippen molar-refractivity contribution in [2.45, 2.75) is 52.5 Å². The van der Waals surface area contributed by atoms with Crippen molar-refractivity contribution in [3.63, 3.8) is 0 Å². The highest BCUT2D eigenvalue weighted by molar-refractivity contribution is 6.13. The van der Waals surface area contributed by atoms with E-state index in [-0.39, 0.29) is 35.5 Å². The molecule has 5 rings (SSSR count). The number of allylic oxidation sites excluding steroid dienone is 6. The van der Waals surface area contributed by atoms with Crippen molar-refractivity contribution in [3.05, 3.63) is 72.0 Å². The summed E-state index contributed by atoms with van der Waals surface area (Å²) in [5.74, 6) is 0.259. The van der Waals surface area contributed by atoms with Gasteiger partial charge < -0.3 is 10.3 Å². The van der Waals surface area contributed by atoms with Gasteiger partial charge in [0.05, 0.1) is 0 Å². The van der Waals surface area contributed by atoms with E-state index in [1.54, 1.807) is 6.08 Å². The molecule has 172 valence electrons. The molecule has 1 fully saturated rings. The van der Waals surface area contributed by atoms with Crippen LogP contribution < -0.4 is 5.32 Å². The molecule has 2 heterocycles. The first kappa shape index (κ1) is 21.9. The fourth-order valence-electron chi connectivity index (χ4n) is 6.46. The largest absolute Gasteiger partial charge is 0.361 e. The number of nitrogens with one attached hydrogen (secondary N) is 2. The molecule has 0 bridgehead atoms. The van der Waals surface area contributed by atoms with Gasteiger partial charge in [0.2, 0.25) is 5.91 Å². The van der Waals surface area contributed by atoms with Crippen LogP contribution in [0, 0.1) is 29.1 Å². The van der Waals surface area contributed by atoms with Gasteiger partial charge in [-0.15, -0.1) is 0 Å². The molecular weight excluding hydrogens is 408 g/mol. The summed E-state index contributed by atoms with van der Waals surface area (Å²) in [6.45, 7) is 6.59. The van der Waals surface area contributed by atoms with Gasteiger partial charge in [-0.1, -0.05) is 61.9 Å². The third kappa shape index (κ3) is 3.51. The maximum Gasteiger partial charge on any atom is 0.235 e. The van der Waals surface area contributed by atoms with Crippen molar-refractivity contribution in [2.24, 2.45) is 29.1 Å². The van der Waals surface area contributed by atoms with E-state index < -0.39 is 5.41 Å². The van der Waals surface area contributed by atoms with Gasteiger partial charge in [-0.2, -0.15) is 0 Å². The number of fused-ring (bicyclic) bond motifs is 1. The van der Waals surface area contributed by atoms with E-state index in [1.165, 1.54) is 16.5 Å². The van der Waals surface area contributed by atoms with Crippen LogP contribution in [0.4, 0.5) is 0 Å². The lowest BCUT2D eigenvalue weighted by atomic mass is 9.55. The fourth-order valence-corrected chi connectivity index (χ4v) is 6.46. The van der Waals surface area contributed by atoms with Crippen molar-refractivity contribution in [2.75, 3.05) is 0 Å². The summed E-state index contributed by atoms with van der Waals surface area (Å²) in [7, 11) is 0. The van der Waals surface area contributed by atoms with Gasteiger partial charge in [-0.05, 0) is 62.1 Å². The number of carbonyl (C=O) groups is 2. The van der Waals surface area contributed by atoms with Crippen LogP contribution in [-0.4, -0.2) is 22.7 Å². The van der Waals surface area contributed by atoms with Gasteiger partial charge in [0.25, 0.3) is 0 Å². The Morgan fingerprint density at radius 3 is 2.79 bits per heavy atom. The van der Waals surface area contributed by atoms with Crippen LogP contribution in [0.3, 0.4) is 0 Å². The average molecular weight is 443 g/mol. The third-order valence-corrected chi connectivity index (χ3v) is 8.38. The highest BCUT2D eigenvalue weighted by Crippen LogP contribution is 2.54. The minimum absolute atomic E-state index is 0.0359. The molecule has 1 saturated heterocycles. The van der Waals surface area contributed by atoms with Gasteiger partial charge in [0.1, 0.15) is 5.41 Å². The number of hydrogen-bond donors (Lipinski definition) is 2. The van der Waals surface area contributed by atoms with E-state index in [2.05, 4.69) is 67.6 Å². The van der Waals surface area contributed by atoms with Crippen LogP contribution in [0.25, 0.3) is 10.9 Å². The highest BCUT2D eigenvalue weighted by atomic mass is 16.2. The molecular formula is C29H34N2O2. The Bertz CT molecular complexity index is 1170. The van der Waals surface area contributed by atoms with Crippen molar-refractivity contribution in [1.29, 1.82) is 0 Å². The minimum Gasteiger partial charge on any atom is -0.361 e. The van der Waals surface area contributed by atoms with E-state index in [0.29, 0.717) is 12.3 Å². The Labute approximate surface area is 196 Å². The summed E-state index contributed by atoms with van der Waals surface area (Å²) in [5, 5.41) is 4.49. The Morgan fingerprint density at radius 1 is 1.12 bits per heavy atom. The number of benzene rings is 1. The zero-order valence-electron chi connectivity index (χ0n) is 19.8. The Balaban J connectivity index is 1.60. The number of carbonyl (C=O) groups excluding carboxylic acids is 2. The van der Waals surface area contributed by atoms with E-state index in [4.69, 9.17) is 0 Å². The number of amides is 1. The predicted molar refractivity (Wildman–Crippen MR) is 133 cm³/mol. The number of aromatic nitrogens is 1. The number of aromatic amines is 1. The quantitative estimate of drug-likeness (QED) is 0.475. The molecule has 0 saturated carbocycles. The molecule has 1 spiro atoms. The van der Waals surface area contributed by atoms with Crippen molar-refractivity contribution < 1.29 is 9.59 Å². The third-order valence-electron chi connectivity index (χ3n) is 8.38. The van der Waals surface area contributed by atoms with Crippen LogP contribution in [0.2, 0.25) is 0 Å². The molecule has 3 aliphatic rings. The van der Waals surface area contributed by atoms with Gasteiger partial charge in [-0.3, -0.25) is 9.59 Å². The van der Waals surface area contributed by atoms with Crippen molar-refractivity contribution in [3.8, 4) is 0 Å². The minimum atomic E-state index is -1.07. The number of hydrogen-bond acceptors (Lipinski definition) is 2. The molecule has 4 heteroatoms. The first-order valence-electron chi connectivity index (χ1n) is 12.3. The molecule has 2 N–H and O–H groups in total. The summed E-state index contributed by atoms with van der Waals surface area (Å²) < 4.78 is 0. The maximum absolute atomic E-state index is 13.9. The van der Waals surface area contributed by atoms with E-state index in [0.717, 1.165) is 24.8 Å². The molecule has 1 aromatic heterocycles. The summed E-state index contributed by atoms with van der Waals surface area (Å²) in [5.41, 5.74) is 2.48. The van der Waals surface area contributed by atoms with E-state index in [9.17, 15) is 9.59 Å². The van der Waals surface area contributed by atoms with Crippen LogP contribution >= 0.6 is 0 Å². The fraction of sp³-hybridized carbons (Fsp3) is 0.448. The maximum atomic E-state index is 13.9. The molecule has 2 aliphatic carbocycles. The molecule has 6 atom stereocenters. The average Bonchev–Trinajstić information content (AvgIpc) is 3.33. The number of ketones is 1. The smallest absolute Gasteiger partial charge is 0.235 e. The standard InChI is InChI=1S/C29H34N2O2/c1-18-9-4-7-14-26(32)29-22(11-8-10-18)15-19(2)20(3)27(29)25(31-28(29)33)16-21-17-30-24-13-6-5-12-23(21)24/h5-8,11-15,17-18,20,22,25,27,30H,4,9-10,16H2,1-3H3,(H,31,33)/b11-8+,14-7-/t18-,20-,22+,25+,27+,29-/m1/s1. The zero-order chi connectivity index (χ0) is 23.2. The van der Waals surface area contributed by atoms with E-state index >= 15 is 0 Å². The topological polar surface area (TPSA) is 62.0 Å². The molecule has 1 aromatic carbocycles. The predicted octanol–water partition coefficient (Wildman–Crippen LogP) is 5.53. The highest BCUT2D eigenvalue weighted by Gasteiger charge is 2.64. The van der Waals surface area contributed by atoms with Gasteiger partial charge in [-0.25, -0.2) is 0 Å². The summed E-state index contributed by atoms with van der Waals surface area (Å²) >= 11 is 0. The monoisotopic (exact) mass is 442 g/mol. The SMILES string of the molecule is CC1=C[C@@H]2/C=C/C[C@H](C)CC/C=C\C(=O)[C@]23C(=O)N[C@@H](Cc2c[nH]c4ccccc24)[C@@H]3[C@@H]1C. The van der Waals surface area contributed by atoms with Crippen LogP contribution in [0.15, 0.2) is 66.4 Å². The second-order valence-corrected chi connectivity index (χ2v) is 10.4. The number of H-pyrrole nitrogens is 1. The second-order valence-electron chi connectivity index (χ2n) is 10.4. The summed E-state index contributed by atoms with van der Waals surface area (Å²) in [6, 6.07) is 8.18. The lowest BCUT2D eigenvalue weighted by Crippen LogP contribution is -2.51. The molecule has 0 unspecified atom stereocenters. The summed E-state index contributed by atoms with van der Waals surface area (Å²) in [4.78, 5) is 31.0. The van der Waals surface area contributed by atoms with Gasteiger partial charge >= 0.3 is 0 Å². The second kappa shape index (κ2) is 8.48. The Hall–Kier alpha value is -2.88. The van der Waals surface area contributed by atoms with Crippen LogP contribution in [0.1, 0.15) is 45.6 Å². The lowest BCUT2D eigenvalue weighted by Gasteiger charge is -2.44. The zero-order valence-corrected chi connectivity index (χ0v) is 19.8. The lowest BCUT2D eigenvalue weighted by molar-refractivity contribution is -0.142. The first-order valence-corrected chi connectivity index (χ1v) is 12.3. The summed E-state index contributed by atoms with van der Waals surface area (Å²) in [6.07, 6.45) is 15.9. The molecule has 2 aromatic rings. The van der Waals surface area contributed by atoms with Crippen LogP contribution in [0.5, 0.6) is 0 Å². The Morgan fingerprint density at radius 2 is 1.94 bits per heavy atom. The molecule has 1 amide bonds. The normalized spacial score (nSPS) is 36.3. The van der Waals surface area contributed by atoms with Gasteiger partial charge in [0, 0.05) is 35.0 Å². The molecule has 33 heavy (non-hydrogen) atoms. The van der Waals surface area contributed by atoms with Crippen molar-refractivity contribution in [1.82, 2.24) is 10.3 Å². The van der Waals surface area contributed by atoms with Gasteiger partial charge in [0.15, 0.2) is 5.78 Å². The van der Waals surface area contributed by atoms with E-state index in [1.807, 2.05) is 18.2 Å². The van der Waals surface area contributed by atoms with Crippen LogP contribution in [-0.2, 0) is 16.0 Å². The molecule has 4 nitrogen and oxygen atoms in total. The molecule has 0 radical (unpaired) electrons. The Kier molecular flexibility index (Phi) is 5.64. The molecule has 1 aliphatic heterocycles.